The molecule has 0 saturated carbocycles. The van der Waals surface area contributed by atoms with Gasteiger partial charge in [0, 0.05) is 24.3 Å². The molecule has 0 aliphatic rings. The van der Waals surface area contributed by atoms with Crippen LogP contribution in [0, 0.1) is 6.92 Å². The molecule has 0 radical (unpaired) electrons. The summed E-state index contributed by atoms with van der Waals surface area (Å²) in [5.41, 5.74) is 9.55. The van der Waals surface area contributed by atoms with Crippen molar-refractivity contribution < 1.29 is 0 Å². The third kappa shape index (κ3) is 2.12. The topological polar surface area (TPSA) is 72.3 Å². The summed E-state index contributed by atoms with van der Waals surface area (Å²) in [6.45, 7) is 2.76. The van der Waals surface area contributed by atoms with Gasteiger partial charge in [0.25, 0.3) is 0 Å². The first kappa shape index (κ1) is 11.9. The number of nitrogen functional groups attached to an aromatic ring is 1. The SMILES string of the molecule is Cc1ncsc1CN(C)c1nc(N)cn2ccnc12. The average Bonchev–Trinajstić information content (AvgIpc) is 2.98. The monoisotopic (exact) mass is 274 g/mol. The van der Waals surface area contributed by atoms with Crippen molar-refractivity contribution in [2.24, 2.45) is 0 Å². The van der Waals surface area contributed by atoms with Crippen LogP contribution < -0.4 is 10.6 Å². The van der Waals surface area contributed by atoms with E-state index in [-0.39, 0.29) is 0 Å². The molecule has 0 bridgehead atoms. The zero-order chi connectivity index (χ0) is 13.4. The molecule has 0 spiro atoms. The first-order valence-electron chi connectivity index (χ1n) is 5.84. The van der Waals surface area contributed by atoms with Gasteiger partial charge in [-0.2, -0.15) is 0 Å². The molecule has 0 unspecified atom stereocenters. The Labute approximate surface area is 114 Å². The normalized spacial score (nSPS) is 11.1. The van der Waals surface area contributed by atoms with Gasteiger partial charge in [0.15, 0.2) is 11.5 Å². The van der Waals surface area contributed by atoms with E-state index in [1.54, 1.807) is 23.7 Å². The van der Waals surface area contributed by atoms with Crippen LogP contribution in [0.25, 0.3) is 5.65 Å². The van der Waals surface area contributed by atoms with Gasteiger partial charge in [-0.25, -0.2) is 15.0 Å². The smallest absolute Gasteiger partial charge is 0.180 e. The van der Waals surface area contributed by atoms with Gasteiger partial charge in [0.2, 0.25) is 0 Å². The summed E-state index contributed by atoms with van der Waals surface area (Å²) in [5.74, 6) is 1.26. The van der Waals surface area contributed by atoms with Crippen molar-refractivity contribution in [2.75, 3.05) is 17.7 Å². The highest BCUT2D eigenvalue weighted by atomic mass is 32.1. The van der Waals surface area contributed by atoms with Crippen LogP contribution in [0.4, 0.5) is 11.6 Å². The highest BCUT2D eigenvalue weighted by Gasteiger charge is 2.13. The highest BCUT2D eigenvalue weighted by Crippen LogP contribution is 2.22. The van der Waals surface area contributed by atoms with Crippen molar-refractivity contribution >= 4 is 28.6 Å². The lowest BCUT2D eigenvalue weighted by atomic mass is 10.3. The number of thiazole rings is 1. The quantitative estimate of drug-likeness (QED) is 0.787. The Morgan fingerprint density at radius 1 is 1.42 bits per heavy atom. The summed E-state index contributed by atoms with van der Waals surface area (Å²) in [5, 5.41) is 0. The largest absolute Gasteiger partial charge is 0.382 e. The minimum Gasteiger partial charge on any atom is -0.382 e. The number of anilines is 2. The van der Waals surface area contributed by atoms with E-state index in [2.05, 4.69) is 15.0 Å². The Balaban J connectivity index is 1.99. The Morgan fingerprint density at radius 2 is 2.26 bits per heavy atom. The molecule has 0 aromatic carbocycles. The molecule has 6 nitrogen and oxygen atoms in total. The van der Waals surface area contributed by atoms with E-state index in [9.17, 15) is 0 Å². The Morgan fingerprint density at radius 3 is 3.00 bits per heavy atom. The predicted octanol–water partition coefficient (Wildman–Crippen LogP) is 1.71. The minimum atomic E-state index is 0.480. The van der Waals surface area contributed by atoms with Crippen molar-refractivity contribution in [3.05, 3.63) is 34.7 Å². The molecule has 0 atom stereocenters. The van der Waals surface area contributed by atoms with Crippen LogP contribution in [0.5, 0.6) is 0 Å². The lowest BCUT2D eigenvalue weighted by Gasteiger charge is -2.18. The molecule has 3 heterocycles. The molecule has 3 aromatic heterocycles. The molecule has 3 rings (SSSR count). The van der Waals surface area contributed by atoms with Crippen molar-refractivity contribution in [3.8, 4) is 0 Å². The molecule has 19 heavy (non-hydrogen) atoms. The summed E-state index contributed by atoms with van der Waals surface area (Å²) in [6.07, 6.45) is 5.37. The summed E-state index contributed by atoms with van der Waals surface area (Å²) < 4.78 is 1.88. The van der Waals surface area contributed by atoms with E-state index >= 15 is 0 Å². The molecule has 0 amide bonds. The Hall–Kier alpha value is -2.15. The summed E-state index contributed by atoms with van der Waals surface area (Å²) in [7, 11) is 1.98. The van der Waals surface area contributed by atoms with Crippen molar-refractivity contribution in [1.82, 2.24) is 19.4 Å². The van der Waals surface area contributed by atoms with Gasteiger partial charge in [-0.05, 0) is 6.92 Å². The zero-order valence-corrected chi connectivity index (χ0v) is 11.6. The molecule has 0 saturated heterocycles. The molecule has 3 aromatic rings. The number of aryl methyl sites for hydroxylation is 1. The van der Waals surface area contributed by atoms with Gasteiger partial charge in [0.1, 0.15) is 5.82 Å². The van der Waals surface area contributed by atoms with Gasteiger partial charge in [0.05, 0.1) is 23.9 Å². The lowest BCUT2D eigenvalue weighted by molar-refractivity contribution is 0.897. The van der Waals surface area contributed by atoms with E-state index in [0.29, 0.717) is 5.82 Å². The number of fused-ring (bicyclic) bond motifs is 1. The molecule has 2 N–H and O–H groups in total. The highest BCUT2D eigenvalue weighted by molar-refractivity contribution is 7.09. The second kappa shape index (κ2) is 4.51. The van der Waals surface area contributed by atoms with E-state index in [0.717, 1.165) is 23.7 Å². The summed E-state index contributed by atoms with van der Waals surface area (Å²) >= 11 is 1.65. The fraction of sp³-hybridized carbons (Fsp3) is 0.250. The number of rotatable bonds is 3. The maximum absolute atomic E-state index is 5.83. The molecular weight excluding hydrogens is 260 g/mol. The fourth-order valence-electron chi connectivity index (χ4n) is 1.96. The number of aromatic nitrogens is 4. The second-order valence-electron chi connectivity index (χ2n) is 4.36. The molecule has 0 aliphatic carbocycles. The number of imidazole rings is 1. The van der Waals surface area contributed by atoms with E-state index < -0.39 is 0 Å². The van der Waals surface area contributed by atoms with E-state index in [1.807, 2.05) is 35.0 Å². The second-order valence-corrected chi connectivity index (χ2v) is 5.30. The van der Waals surface area contributed by atoms with Gasteiger partial charge in [-0.15, -0.1) is 11.3 Å². The third-order valence-electron chi connectivity index (χ3n) is 2.96. The van der Waals surface area contributed by atoms with Crippen LogP contribution in [-0.4, -0.2) is 26.4 Å². The fourth-order valence-corrected chi connectivity index (χ4v) is 2.79. The number of nitrogens with zero attached hydrogens (tertiary/aromatic N) is 5. The lowest BCUT2D eigenvalue weighted by Crippen LogP contribution is -2.19. The molecule has 0 aliphatic heterocycles. The van der Waals surface area contributed by atoms with Crippen LogP contribution in [0.1, 0.15) is 10.6 Å². The van der Waals surface area contributed by atoms with Gasteiger partial charge in [-0.3, -0.25) is 0 Å². The van der Waals surface area contributed by atoms with Crippen LogP contribution in [0.15, 0.2) is 24.1 Å². The zero-order valence-electron chi connectivity index (χ0n) is 10.7. The predicted molar refractivity (Wildman–Crippen MR) is 76.4 cm³/mol. The molecular formula is C12H14N6S. The number of nitrogens with two attached hydrogens (primary N) is 1. The van der Waals surface area contributed by atoms with Crippen molar-refractivity contribution in [3.63, 3.8) is 0 Å². The summed E-state index contributed by atoms with van der Waals surface area (Å²) in [6, 6.07) is 0. The van der Waals surface area contributed by atoms with Gasteiger partial charge < -0.3 is 15.0 Å². The van der Waals surface area contributed by atoms with Crippen LogP contribution >= 0.6 is 11.3 Å². The first-order chi connectivity index (χ1) is 9.15. The average molecular weight is 274 g/mol. The van der Waals surface area contributed by atoms with Crippen LogP contribution in [0.3, 0.4) is 0 Å². The Kier molecular flexibility index (Phi) is 2.83. The molecule has 0 fully saturated rings. The third-order valence-corrected chi connectivity index (χ3v) is 3.88. The van der Waals surface area contributed by atoms with Crippen molar-refractivity contribution in [1.29, 1.82) is 0 Å². The maximum Gasteiger partial charge on any atom is 0.180 e. The number of hydrogen-bond donors (Lipinski definition) is 1. The maximum atomic E-state index is 5.83. The first-order valence-corrected chi connectivity index (χ1v) is 6.72. The van der Waals surface area contributed by atoms with Gasteiger partial charge in [-0.1, -0.05) is 0 Å². The minimum absolute atomic E-state index is 0.480. The van der Waals surface area contributed by atoms with Gasteiger partial charge >= 0.3 is 0 Å². The summed E-state index contributed by atoms with van der Waals surface area (Å²) in [4.78, 5) is 16.2. The van der Waals surface area contributed by atoms with Crippen molar-refractivity contribution in [2.45, 2.75) is 13.5 Å². The van der Waals surface area contributed by atoms with Crippen LogP contribution in [-0.2, 0) is 6.54 Å². The number of hydrogen-bond acceptors (Lipinski definition) is 6. The molecule has 7 heteroatoms. The Bertz CT molecular complexity index is 716. The van der Waals surface area contributed by atoms with E-state index in [1.165, 1.54) is 4.88 Å². The molecule has 98 valence electrons. The van der Waals surface area contributed by atoms with E-state index in [4.69, 9.17) is 5.73 Å². The standard InChI is InChI=1S/C12H14N6S/c1-8-9(19-7-15-8)5-17(2)12-11-14-3-4-18(11)6-10(13)16-12/h3-4,6-7H,5,13H2,1-2H3. The van der Waals surface area contributed by atoms with Crippen LogP contribution in [0.2, 0.25) is 0 Å².